The number of amides is 2. The number of fused-ring (bicyclic) bond motifs is 2. The molecule has 4 N–H and O–H groups in total. The topological polar surface area (TPSA) is 107 Å². The smallest absolute Gasteiger partial charge is 0.318 e. The van der Waals surface area contributed by atoms with Crippen LogP contribution in [0.5, 0.6) is 11.5 Å². The lowest BCUT2D eigenvalue weighted by molar-refractivity contribution is -0.111. The molecule has 2 amide bonds. The summed E-state index contributed by atoms with van der Waals surface area (Å²) in [6.07, 6.45) is 4.45. The zero-order valence-electron chi connectivity index (χ0n) is 28.2. The van der Waals surface area contributed by atoms with E-state index in [0.717, 1.165) is 77.0 Å². The molecule has 2 aromatic rings. The SMILES string of the molecule is CC(C)(C)OC1CN(C(=O)NC2CCCOc3cc(Br)ccc32)C1.CC(C)(C)OC1CNC1.NC1CCCOc2cc(Br)ccc21. The second-order valence-corrected chi connectivity index (χ2v) is 16.1. The molecule has 4 heterocycles. The van der Waals surface area contributed by atoms with E-state index in [0.29, 0.717) is 25.8 Å². The number of likely N-dealkylation sites (tertiary alicyclic amines) is 1. The van der Waals surface area contributed by atoms with Gasteiger partial charge in [0, 0.05) is 39.2 Å². The maximum atomic E-state index is 12.5. The molecular weight excluding hydrogens is 716 g/mol. The maximum absolute atomic E-state index is 12.5. The number of halogens is 2. The van der Waals surface area contributed by atoms with Gasteiger partial charge in [0.05, 0.1) is 55.8 Å². The minimum Gasteiger partial charge on any atom is -0.493 e. The Labute approximate surface area is 291 Å². The quantitative estimate of drug-likeness (QED) is 0.302. The molecule has 2 saturated heterocycles. The van der Waals surface area contributed by atoms with E-state index in [4.69, 9.17) is 24.7 Å². The molecule has 256 valence electrons. The van der Waals surface area contributed by atoms with Gasteiger partial charge in [0.2, 0.25) is 0 Å². The van der Waals surface area contributed by atoms with Crippen molar-refractivity contribution in [3.8, 4) is 11.5 Å². The fourth-order valence-corrected chi connectivity index (χ4v) is 6.22. The van der Waals surface area contributed by atoms with E-state index in [9.17, 15) is 4.79 Å². The number of hydrogen-bond donors (Lipinski definition) is 3. The van der Waals surface area contributed by atoms with Gasteiger partial charge in [-0.2, -0.15) is 0 Å². The van der Waals surface area contributed by atoms with Crippen LogP contribution in [0.4, 0.5) is 4.79 Å². The zero-order valence-corrected chi connectivity index (χ0v) is 31.3. The summed E-state index contributed by atoms with van der Waals surface area (Å²) in [6, 6.07) is 12.1. The molecule has 46 heavy (non-hydrogen) atoms. The van der Waals surface area contributed by atoms with Crippen molar-refractivity contribution < 1.29 is 23.7 Å². The Kier molecular flexibility index (Phi) is 13.2. The number of rotatable bonds is 3. The van der Waals surface area contributed by atoms with Gasteiger partial charge in [-0.15, -0.1) is 0 Å². The third-order valence-corrected chi connectivity index (χ3v) is 8.74. The molecule has 2 unspecified atom stereocenters. The van der Waals surface area contributed by atoms with Gasteiger partial charge in [0.1, 0.15) is 11.5 Å². The van der Waals surface area contributed by atoms with Crippen LogP contribution >= 0.6 is 31.9 Å². The highest BCUT2D eigenvalue weighted by Gasteiger charge is 2.35. The summed E-state index contributed by atoms with van der Waals surface area (Å²) < 4.78 is 24.9. The standard InChI is InChI=1S/C18H25BrN2O3.C10H12BrNO.C7H15NO/c1-18(2,3)24-13-10-21(11-13)17(22)20-15-5-4-8-23-16-9-12(19)6-7-14(15)16;11-7-3-4-8-9(12)2-1-5-13-10(8)6-7;1-7(2,3)9-6-4-8-5-6/h6-7,9,13,15H,4-5,8,10-11H2,1-3H3,(H,20,22);3-4,6,9H,1-2,5,12H2;6,8H,4-5H2,1-3H3. The fourth-order valence-electron chi connectivity index (χ4n) is 5.54. The Morgan fingerprint density at radius 2 is 1.37 bits per heavy atom. The van der Waals surface area contributed by atoms with Crippen molar-refractivity contribution in [1.29, 1.82) is 0 Å². The highest BCUT2D eigenvalue weighted by Crippen LogP contribution is 2.34. The maximum Gasteiger partial charge on any atom is 0.318 e. The zero-order chi connectivity index (χ0) is 33.5. The molecule has 0 radical (unpaired) electrons. The first-order valence-corrected chi connectivity index (χ1v) is 18.0. The van der Waals surface area contributed by atoms with Crippen LogP contribution < -0.4 is 25.8 Å². The Bertz CT molecular complexity index is 1290. The van der Waals surface area contributed by atoms with Crippen LogP contribution in [0, 0.1) is 0 Å². The highest BCUT2D eigenvalue weighted by atomic mass is 79.9. The number of hydrogen-bond acceptors (Lipinski definition) is 7. The number of urea groups is 1. The van der Waals surface area contributed by atoms with Crippen molar-refractivity contribution in [3.63, 3.8) is 0 Å². The molecule has 9 nitrogen and oxygen atoms in total. The molecule has 4 aliphatic heterocycles. The van der Waals surface area contributed by atoms with Crippen LogP contribution in [0.2, 0.25) is 0 Å². The van der Waals surface area contributed by atoms with Gasteiger partial charge in [-0.25, -0.2) is 4.79 Å². The summed E-state index contributed by atoms with van der Waals surface area (Å²) in [5, 5.41) is 6.31. The van der Waals surface area contributed by atoms with Crippen molar-refractivity contribution in [1.82, 2.24) is 15.5 Å². The average Bonchev–Trinajstić information content (AvgIpc) is 3.23. The Morgan fingerprint density at radius 1 is 0.848 bits per heavy atom. The molecule has 2 atom stereocenters. The van der Waals surface area contributed by atoms with Crippen LogP contribution in [0.3, 0.4) is 0 Å². The fraction of sp³-hybridized carbons (Fsp3) is 0.629. The number of nitrogens with one attached hydrogen (secondary N) is 2. The molecule has 2 fully saturated rings. The summed E-state index contributed by atoms with van der Waals surface area (Å²) in [5.74, 6) is 1.78. The lowest BCUT2D eigenvalue weighted by Gasteiger charge is -2.42. The summed E-state index contributed by atoms with van der Waals surface area (Å²) in [4.78, 5) is 14.3. The number of nitrogens with two attached hydrogens (primary N) is 1. The third-order valence-electron chi connectivity index (χ3n) is 7.76. The van der Waals surface area contributed by atoms with Gasteiger partial charge < -0.3 is 40.2 Å². The van der Waals surface area contributed by atoms with E-state index >= 15 is 0 Å². The van der Waals surface area contributed by atoms with E-state index in [2.05, 4.69) is 63.3 Å². The molecule has 0 aromatic heterocycles. The molecule has 2 aromatic carbocycles. The summed E-state index contributed by atoms with van der Waals surface area (Å²) in [6.45, 7) is 17.2. The largest absolute Gasteiger partial charge is 0.493 e. The predicted octanol–water partition coefficient (Wildman–Crippen LogP) is 7.27. The summed E-state index contributed by atoms with van der Waals surface area (Å²) >= 11 is 6.89. The van der Waals surface area contributed by atoms with Crippen LogP contribution in [0.15, 0.2) is 45.3 Å². The van der Waals surface area contributed by atoms with E-state index in [-0.39, 0.29) is 35.4 Å². The molecule has 0 saturated carbocycles. The van der Waals surface area contributed by atoms with Crippen LogP contribution in [-0.4, -0.2) is 73.7 Å². The van der Waals surface area contributed by atoms with Gasteiger partial charge in [-0.3, -0.25) is 0 Å². The summed E-state index contributed by atoms with van der Waals surface area (Å²) in [5.41, 5.74) is 8.04. The minimum absolute atomic E-state index is 0.00863. The van der Waals surface area contributed by atoms with Gasteiger partial charge in [-0.1, -0.05) is 44.0 Å². The molecule has 0 bridgehead atoms. The Morgan fingerprint density at radius 3 is 1.89 bits per heavy atom. The number of carbonyl (C=O) groups is 1. The average molecular weight is 769 g/mol. The third kappa shape index (κ3) is 11.7. The molecular formula is C35H52Br2N4O5. The lowest BCUT2D eigenvalue weighted by Crippen LogP contribution is -2.59. The van der Waals surface area contributed by atoms with E-state index in [1.54, 1.807) is 4.90 Å². The first-order valence-electron chi connectivity index (χ1n) is 16.4. The van der Waals surface area contributed by atoms with E-state index in [1.807, 2.05) is 57.2 Å². The van der Waals surface area contributed by atoms with Gasteiger partial charge in [-0.05, 0) is 91.5 Å². The van der Waals surface area contributed by atoms with Crippen LogP contribution in [-0.2, 0) is 9.47 Å². The normalized spacial score (nSPS) is 21.5. The van der Waals surface area contributed by atoms with Crippen LogP contribution in [0.25, 0.3) is 0 Å². The van der Waals surface area contributed by atoms with Crippen molar-refractivity contribution in [2.24, 2.45) is 5.73 Å². The highest BCUT2D eigenvalue weighted by molar-refractivity contribution is 9.10. The molecule has 0 aliphatic carbocycles. The van der Waals surface area contributed by atoms with Crippen molar-refractivity contribution in [2.45, 2.75) is 103 Å². The van der Waals surface area contributed by atoms with E-state index < -0.39 is 0 Å². The van der Waals surface area contributed by atoms with E-state index in [1.165, 1.54) is 0 Å². The Balaban J connectivity index is 0.000000181. The first kappa shape index (κ1) is 36.9. The van der Waals surface area contributed by atoms with Crippen molar-refractivity contribution in [3.05, 3.63) is 56.5 Å². The number of benzene rings is 2. The second kappa shape index (κ2) is 16.5. The summed E-state index contributed by atoms with van der Waals surface area (Å²) in [7, 11) is 0. The Hall–Kier alpha value is -1.89. The molecule has 4 aliphatic rings. The van der Waals surface area contributed by atoms with Gasteiger partial charge in [0.15, 0.2) is 0 Å². The van der Waals surface area contributed by atoms with Crippen LogP contribution in [0.1, 0.15) is 90.4 Å². The number of ether oxygens (including phenoxy) is 4. The van der Waals surface area contributed by atoms with Gasteiger partial charge >= 0.3 is 6.03 Å². The minimum atomic E-state index is -0.168. The number of carbonyl (C=O) groups excluding carboxylic acids is 1. The molecule has 0 spiro atoms. The predicted molar refractivity (Wildman–Crippen MR) is 190 cm³/mol. The second-order valence-electron chi connectivity index (χ2n) is 14.2. The lowest BCUT2D eigenvalue weighted by atomic mass is 10.0. The van der Waals surface area contributed by atoms with Crippen molar-refractivity contribution >= 4 is 37.9 Å². The monoisotopic (exact) mass is 766 g/mol. The molecule has 11 heteroatoms. The number of nitrogens with zero attached hydrogens (tertiary/aromatic N) is 1. The van der Waals surface area contributed by atoms with Crippen molar-refractivity contribution in [2.75, 3.05) is 39.4 Å². The first-order chi connectivity index (χ1) is 21.7. The van der Waals surface area contributed by atoms with Gasteiger partial charge in [0.25, 0.3) is 0 Å². The molecule has 6 rings (SSSR count).